The second-order valence-electron chi connectivity index (χ2n) is 6.46. The number of aromatic hydroxyl groups is 1. The normalized spacial score (nSPS) is 19.1. The van der Waals surface area contributed by atoms with Crippen LogP contribution in [0.15, 0.2) is 58.3 Å². The maximum absolute atomic E-state index is 13.3. The number of hydrogen-bond acceptors (Lipinski definition) is 6. The molecule has 0 spiro atoms. The number of rotatable bonds is 4. The van der Waals surface area contributed by atoms with E-state index in [-0.39, 0.29) is 23.3 Å². The molecule has 2 aromatic heterocycles. The van der Waals surface area contributed by atoms with Gasteiger partial charge in [0.05, 0.1) is 5.69 Å². The predicted molar refractivity (Wildman–Crippen MR) is 106 cm³/mol. The van der Waals surface area contributed by atoms with Crippen LogP contribution in [-0.2, 0) is 17.0 Å². The lowest BCUT2D eigenvalue weighted by molar-refractivity contribution is -0.129. The van der Waals surface area contributed by atoms with Crippen molar-refractivity contribution >= 4 is 23.2 Å². The summed E-state index contributed by atoms with van der Waals surface area (Å²) < 4.78 is 13.2. The number of hydrogen-bond donors (Lipinski definition) is 2. The first-order chi connectivity index (χ1) is 13.5. The highest BCUT2D eigenvalue weighted by Crippen LogP contribution is 2.42. The fraction of sp³-hybridized carbons (Fsp3) is 0.150. The van der Waals surface area contributed by atoms with Gasteiger partial charge in [-0.1, -0.05) is 6.07 Å². The fourth-order valence-corrected chi connectivity index (χ4v) is 4.03. The van der Waals surface area contributed by atoms with Gasteiger partial charge in [-0.2, -0.15) is 11.3 Å². The SMILES string of the molecule is CN1C(=O)C(c2ccnc(CF)c2)(c2ccc(O)c(-c3ccsc3)c2)N=C1N. The Labute approximate surface area is 164 Å². The molecule has 1 aliphatic rings. The Bertz CT molecular complexity index is 1080. The molecule has 8 heteroatoms. The third-order valence-corrected chi connectivity index (χ3v) is 5.54. The number of alkyl halides is 1. The number of thiophene rings is 1. The Morgan fingerprint density at radius 1 is 1.25 bits per heavy atom. The molecule has 0 aliphatic carbocycles. The Balaban J connectivity index is 1.98. The van der Waals surface area contributed by atoms with Crippen molar-refractivity contribution in [1.82, 2.24) is 9.88 Å². The van der Waals surface area contributed by atoms with E-state index < -0.39 is 12.2 Å². The first-order valence-corrected chi connectivity index (χ1v) is 9.42. The number of phenols is 1. The molecule has 6 nitrogen and oxygen atoms in total. The lowest BCUT2D eigenvalue weighted by Crippen LogP contribution is -2.41. The molecule has 1 aliphatic heterocycles. The highest BCUT2D eigenvalue weighted by atomic mass is 32.1. The van der Waals surface area contributed by atoms with E-state index in [0.29, 0.717) is 16.7 Å². The van der Waals surface area contributed by atoms with Crippen molar-refractivity contribution in [2.45, 2.75) is 12.2 Å². The molecule has 4 rings (SSSR count). The summed E-state index contributed by atoms with van der Waals surface area (Å²) in [5.74, 6) is -0.205. The van der Waals surface area contributed by atoms with Crippen LogP contribution in [0.2, 0.25) is 0 Å². The smallest absolute Gasteiger partial charge is 0.266 e. The molecule has 1 atom stereocenters. The predicted octanol–water partition coefficient (Wildman–Crippen LogP) is 3.02. The largest absolute Gasteiger partial charge is 0.507 e. The van der Waals surface area contributed by atoms with Crippen molar-refractivity contribution < 1.29 is 14.3 Å². The van der Waals surface area contributed by atoms with Gasteiger partial charge in [-0.15, -0.1) is 0 Å². The summed E-state index contributed by atoms with van der Waals surface area (Å²) in [6.45, 7) is -0.761. The number of pyridine rings is 1. The van der Waals surface area contributed by atoms with E-state index in [9.17, 15) is 14.3 Å². The van der Waals surface area contributed by atoms with E-state index in [1.54, 1.807) is 25.2 Å². The number of aromatic nitrogens is 1. The molecule has 0 fully saturated rings. The molecule has 0 saturated carbocycles. The topological polar surface area (TPSA) is 91.8 Å². The number of nitrogens with two attached hydrogens (primary N) is 1. The molecular weight excluding hydrogens is 379 g/mol. The van der Waals surface area contributed by atoms with Crippen LogP contribution >= 0.6 is 11.3 Å². The Kier molecular flexibility index (Phi) is 4.35. The molecule has 1 amide bonds. The number of likely N-dealkylation sites (N-methyl/N-ethyl adjacent to an activating group) is 1. The minimum Gasteiger partial charge on any atom is -0.507 e. The summed E-state index contributed by atoms with van der Waals surface area (Å²) in [5, 5.41) is 14.1. The van der Waals surface area contributed by atoms with Gasteiger partial charge in [0.1, 0.15) is 12.4 Å². The zero-order valence-corrected chi connectivity index (χ0v) is 15.8. The van der Waals surface area contributed by atoms with Crippen molar-refractivity contribution in [3.05, 3.63) is 70.2 Å². The molecule has 0 saturated heterocycles. The van der Waals surface area contributed by atoms with Crippen LogP contribution in [-0.4, -0.2) is 33.9 Å². The summed E-state index contributed by atoms with van der Waals surface area (Å²) in [5.41, 5.74) is 7.10. The molecule has 3 aromatic rings. The van der Waals surface area contributed by atoms with Gasteiger partial charge in [0, 0.05) is 18.8 Å². The second-order valence-corrected chi connectivity index (χ2v) is 7.24. The Morgan fingerprint density at radius 3 is 2.68 bits per heavy atom. The third kappa shape index (κ3) is 2.65. The molecule has 3 heterocycles. The van der Waals surface area contributed by atoms with E-state index in [2.05, 4.69) is 9.98 Å². The molecule has 142 valence electrons. The lowest BCUT2D eigenvalue weighted by Gasteiger charge is -2.27. The second kappa shape index (κ2) is 6.72. The number of aliphatic imine (C=N–C) groups is 1. The van der Waals surface area contributed by atoms with Gasteiger partial charge >= 0.3 is 0 Å². The molecular formula is C20H17FN4O2S. The first-order valence-electron chi connectivity index (χ1n) is 8.48. The van der Waals surface area contributed by atoms with Crippen LogP contribution in [0.1, 0.15) is 16.8 Å². The van der Waals surface area contributed by atoms with E-state index in [1.807, 2.05) is 16.8 Å². The van der Waals surface area contributed by atoms with Gasteiger partial charge in [-0.25, -0.2) is 9.38 Å². The molecule has 0 radical (unpaired) electrons. The summed E-state index contributed by atoms with van der Waals surface area (Å²) in [6, 6.07) is 9.91. The highest BCUT2D eigenvalue weighted by Gasteiger charge is 2.49. The van der Waals surface area contributed by atoms with Crippen LogP contribution in [0.5, 0.6) is 5.75 Å². The summed E-state index contributed by atoms with van der Waals surface area (Å²) in [4.78, 5) is 23.0. The van der Waals surface area contributed by atoms with Gasteiger partial charge < -0.3 is 10.8 Å². The quantitative estimate of drug-likeness (QED) is 0.709. The maximum atomic E-state index is 13.3. The van der Waals surface area contributed by atoms with Crippen molar-refractivity contribution in [2.24, 2.45) is 10.7 Å². The molecule has 1 unspecified atom stereocenters. The summed E-state index contributed by atoms with van der Waals surface area (Å²) in [7, 11) is 1.54. The number of halogens is 1. The van der Waals surface area contributed by atoms with Crippen LogP contribution in [0.25, 0.3) is 11.1 Å². The number of benzene rings is 1. The zero-order valence-electron chi connectivity index (χ0n) is 15.0. The maximum Gasteiger partial charge on any atom is 0.266 e. The van der Waals surface area contributed by atoms with E-state index in [4.69, 9.17) is 5.73 Å². The summed E-state index contributed by atoms with van der Waals surface area (Å²) in [6.07, 6.45) is 1.45. The minimum absolute atomic E-state index is 0.0637. The van der Waals surface area contributed by atoms with Crippen LogP contribution in [0.4, 0.5) is 4.39 Å². The number of phenolic OH excluding ortho intramolecular Hbond substituents is 1. The average molecular weight is 396 g/mol. The Morgan fingerprint density at radius 2 is 2.04 bits per heavy atom. The van der Waals surface area contributed by atoms with Gasteiger partial charge in [0.25, 0.3) is 5.91 Å². The monoisotopic (exact) mass is 396 g/mol. The van der Waals surface area contributed by atoms with Crippen LogP contribution < -0.4 is 5.73 Å². The minimum atomic E-state index is -1.47. The van der Waals surface area contributed by atoms with Crippen molar-refractivity contribution in [3.8, 4) is 16.9 Å². The molecule has 28 heavy (non-hydrogen) atoms. The van der Waals surface area contributed by atoms with E-state index in [0.717, 1.165) is 5.56 Å². The van der Waals surface area contributed by atoms with Gasteiger partial charge in [-0.3, -0.25) is 14.7 Å². The van der Waals surface area contributed by atoms with Crippen molar-refractivity contribution in [1.29, 1.82) is 0 Å². The average Bonchev–Trinajstić information content (AvgIpc) is 3.32. The summed E-state index contributed by atoms with van der Waals surface area (Å²) >= 11 is 1.50. The van der Waals surface area contributed by atoms with Gasteiger partial charge in [-0.05, 0) is 57.8 Å². The van der Waals surface area contributed by atoms with Crippen molar-refractivity contribution in [3.63, 3.8) is 0 Å². The van der Waals surface area contributed by atoms with E-state index >= 15 is 0 Å². The Hall–Kier alpha value is -3.26. The lowest BCUT2D eigenvalue weighted by atomic mass is 9.81. The third-order valence-electron chi connectivity index (χ3n) is 4.86. The number of carbonyl (C=O) groups excluding carboxylic acids is 1. The van der Waals surface area contributed by atoms with E-state index in [1.165, 1.54) is 34.6 Å². The molecule has 3 N–H and O–H groups in total. The van der Waals surface area contributed by atoms with Crippen molar-refractivity contribution in [2.75, 3.05) is 7.05 Å². The molecule has 1 aromatic carbocycles. The standard InChI is InChI=1S/C20H17FN4O2S/c1-25-18(27)20(24-19(25)22,14-4-6-23-15(8-14)10-21)13-2-3-17(26)16(9-13)12-5-7-28-11-12/h2-9,11,26H,10H2,1H3,(H2,22,24). The number of guanidine groups is 1. The zero-order chi connectivity index (χ0) is 19.9. The van der Waals surface area contributed by atoms with Crippen LogP contribution in [0, 0.1) is 0 Å². The van der Waals surface area contributed by atoms with Gasteiger partial charge in [0.2, 0.25) is 0 Å². The number of amides is 1. The van der Waals surface area contributed by atoms with Crippen LogP contribution in [0.3, 0.4) is 0 Å². The fourth-order valence-electron chi connectivity index (χ4n) is 3.37. The van der Waals surface area contributed by atoms with Gasteiger partial charge in [0.15, 0.2) is 11.5 Å². The highest BCUT2D eigenvalue weighted by molar-refractivity contribution is 7.08. The number of carbonyl (C=O) groups is 1. The number of nitrogens with zero attached hydrogens (tertiary/aromatic N) is 3. The molecule has 0 bridgehead atoms. The first kappa shape index (κ1) is 18.1.